The number of rotatable bonds is 1. The molecule has 0 saturated heterocycles. The van der Waals surface area contributed by atoms with Crippen LogP contribution < -0.4 is 4.84 Å². The molecule has 2 N–H and O–H groups in total. The first-order valence-electron chi connectivity index (χ1n) is 3.21. The van der Waals surface area contributed by atoms with Gasteiger partial charge in [0.25, 0.3) is 0 Å². The first-order valence-corrected chi connectivity index (χ1v) is 3.59. The number of aromatic nitrogens is 2. The summed E-state index contributed by atoms with van der Waals surface area (Å²) in [5.41, 5.74) is 0.982. The summed E-state index contributed by atoms with van der Waals surface area (Å²) >= 11 is 5.41. The number of aromatic amines is 1. The fourth-order valence-electron chi connectivity index (χ4n) is 1.04. The number of H-pyrrole nitrogens is 1. The normalized spacial score (nSPS) is 10.3. The molecule has 2 rings (SSSR count). The van der Waals surface area contributed by atoms with Gasteiger partial charge in [-0.2, -0.15) is 5.10 Å². The second-order valence-electron chi connectivity index (χ2n) is 2.21. The molecule has 0 spiro atoms. The number of halogens is 1. The second-order valence-corrected chi connectivity index (χ2v) is 2.40. The van der Waals surface area contributed by atoms with Crippen LogP contribution in [0.2, 0.25) is 0 Å². The molecule has 1 aromatic heterocycles. The Hall–Kier alpha value is -1.22. The topological polar surface area (TPSA) is 40.7 Å². The summed E-state index contributed by atoms with van der Waals surface area (Å²) < 4.78 is 0. The predicted molar refractivity (Wildman–Crippen MR) is 45.6 cm³/mol. The summed E-state index contributed by atoms with van der Waals surface area (Å²) in [6.45, 7) is 0. The first kappa shape index (κ1) is 6.49. The zero-order valence-corrected chi connectivity index (χ0v) is 6.39. The summed E-state index contributed by atoms with van der Waals surface area (Å²) in [5, 5.41) is 7.79. The van der Waals surface area contributed by atoms with E-state index in [0.717, 1.165) is 10.9 Å². The Kier molecular flexibility index (Phi) is 1.43. The van der Waals surface area contributed by atoms with Gasteiger partial charge in [0.15, 0.2) is 5.82 Å². The molecule has 3 nitrogen and oxygen atoms in total. The van der Waals surface area contributed by atoms with E-state index in [1.54, 1.807) is 0 Å². The maximum Gasteiger partial charge on any atom is 0.170 e. The summed E-state index contributed by atoms with van der Waals surface area (Å²) in [5.74, 6) is 0.669. The summed E-state index contributed by atoms with van der Waals surface area (Å²) in [6.07, 6.45) is 0. The summed E-state index contributed by atoms with van der Waals surface area (Å²) in [4.78, 5) is 2.48. The van der Waals surface area contributed by atoms with Gasteiger partial charge in [0.2, 0.25) is 0 Å². The minimum Gasteiger partial charge on any atom is -0.281 e. The van der Waals surface area contributed by atoms with Crippen molar-refractivity contribution >= 4 is 28.5 Å². The lowest BCUT2D eigenvalue weighted by Gasteiger charge is -1.89. The Morgan fingerprint density at radius 1 is 1.36 bits per heavy atom. The van der Waals surface area contributed by atoms with E-state index in [1.807, 2.05) is 24.3 Å². The molecule has 0 fully saturated rings. The van der Waals surface area contributed by atoms with Crippen LogP contribution >= 0.6 is 11.8 Å². The fraction of sp³-hybridized carbons (Fsp3) is 0. The molecule has 0 aliphatic rings. The highest BCUT2D eigenvalue weighted by molar-refractivity contribution is 6.25. The van der Waals surface area contributed by atoms with Gasteiger partial charge in [-0.25, -0.2) is 0 Å². The Morgan fingerprint density at radius 3 is 3.00 bits per heavy atom. The van der Waals surface area contributed by atoms with Crippen molar-refractivity contribution in [3.63, 3.8) is 0 Å². The quantitative estimate of drug-likeness (QED) is 0.639. The van der Waals surface area contributed by atoms with Gasteiger partial charge in [-0.05, 0) is 12.1 Å². The third kappa shape index (κ3) is 0.935. The van der Waals surface area contributed by atoms with Crippen LogP contribution in [0.1, 0.15) is 0 Å². The maximum absolute atomic E-state index is 5.41. The van der Waals surface area contributed by atoms with E-state index >= 15 is 0 Å². The second kappa shape index (κ2) is 2.43. The number of anilines is 1. The highest BCUT2D eigenvalue weighted by Crippen LogP contribution is 2.19. The van der Waals surface area contributed by atoms with Gasteiger partial charge < -0.3 is 0 Å². The van der Waals surface area contributed by atoms with E-state index in [0.29, 0.717) is 5.82 Å². The number of hydrogen-bond donors (Lipinski definition) is 2. The van der Waals surface area contributed by atoms with E-state index < -0.39 is 0 Å². The van der Waals surface area contributed by atoms with Crippen LogP contribution in [0.5, 0.6) is 0 Å². The van der Waals surface area contributed by atoms with Crippen LogP contribution in [0.3, 0.4) is 0 Å². The molecule has 0 radical (unpaired) electrons. The lowest BCUT2D eigenvalue weighted by molar-refractivity contribution is 1.13. The van der Waals surface area contributed by atoms with Crippen LogP contribution in [0.15, 0.2) is 24.3 Å². The lowest BCUT2D eigenvalue weighted by Crippen LogP contribution is -1.78. The van der Waals surface area contributed by atoms with Crippen molar-refractivity contribution in [2.45, 2.75) is 0 Å². The standard InChI is InChI=1S/C7H6ClN3/c8-9-7-5-3-1-2-4-6(5)10-11-7/h1-4H,(H2,9,10,11). The van der Waals surface area contributed by atoms with Crippen LogP contribution in [0, 0.1) is 0 Å². The number of fused-ring (bicyclic) bond motifs is 1. The smallest absolute Gasteiger partial charge is 0.170 e. The third-order valence-electron chi connectivity index (χ3n) is 1.56. The molecule has 1 aromatic carbocycles. The van der Waals surface area contributed by atoms with Gasteiger partial charge in [0, 0.05) is 17.2 Å². The summed E-state index contributed by atoms with van der Waals surface area (Å²) in [7, 11) is 0. The monoisotopic (exact) mass is 167 g/mol. The lowest BCUT2D eigenvalue weighted by atomic mass is 10.2. The first-order chi connectivity index (χ1) is 5.42. The fourth-order valence-corrected chi connectivity index (χ4v) is 1.18. The molecule has 0 aliphatic carbocycles. The molecule has 0 amide bonds. The Balaban J connectivity index is 2.76. The third-order valence-corrected chi connectivity index (χ3v) is 1.74. The van der Waals surface area contributed by atoms with Crippen molar-refractivity contribution in [2.24, 2.45) is 0 Å². The minimum absolute atomic E-state index is 0.669. The largest absolute Gasteiger partial charge is 0.281 e. The number of hydrogen-bond acceptors (Lipinski definition) is 2. The van der Waals surface area contributed by atoms with Crippen molar-refractivity contribution in [1.82, 2.24) is 10.2 Å². The summed E-state index contributed by atoms with van der Waals surface area (Å²) in [6, 6.07) is 7.78. The van der Waals surface area contributed by atoms with E-state index in [2.05, 4.69) is 15.0 Å². The molecule has 56 valence electrons. The molecule has 0 aliphatic heterocycles. The van der Waals surface area contributed by atoms with Crippen molar-refractivity contribution in [1.29, 1.82) is 0 Å². The van der Waals surface area contributed by atoms with E-state index in [-0.39, 0.29) is 0 Å². The van der Waals surface area contributed by atoms with Crippen molar-refractivity contribution in [3.8, 4) is 0 Å². The highest BCUT2D eigenvalue weighted by atomic mass is 35.5. The molecule has 0 saturated carbocycles. The van der Waals surface area contributed by atoms with Gasteiger partial charge in [-0.1, -0.05) is 12.1 Å². The van der Waals surface area contributed by atoms with Gasteiger partial charge in [0.1, 0.15) is 0 Å². The van der Waals surface area contributed by atoms with Gasteiger partial charge in [0.05, 0.1) is 5.52 Å². The molecular formula is C7H6ClN3. The van der Waals surface area contributed by atoms with Crippen molar-refractivity contribution in [2.75, 3.05) is 4.84 Å². The number of nitrogens with zero attached hydrogens (tertiary/aromatic N) is 1. The molecule has 4 heteroatoms. The highest BCUT2D eigenvalue weighted by Gasteiger charge is 2.00. The van der Waals surface area contributed by atoms with Crippen LogP contribution in [0.25, 0.3) is 10.9 Å². The number of para-hydroxylation sites is 1. The maximum atomic E-state index is 5.41. The average Bonchev–Trinajstić information content (AvgIpc) is 2.47. The zero-order valence-electron chi connectivity index (χ0n) is 5.63. The van der Waals surface area contributed by atoms with Gasteiger partial charge >= 0.3 is 0 Å². The van der Waals surface area contributed by atoms with Crippen molar-refractivity contribution in [3.05, 3.63) is 24.3 Å². The molecule has 0 unspecified atom stereocenters. The van der Waals surface area contributed by atoms with Crippen molar-refractivity contribution < 1.29 is 0 Å². The minimum atomic E-state index is 0.669. The predicted octanol–water partition coefficient (Wildman–Crippen LogP) is 2.13. The molecule has 2 aromatic rings. The van der Waals surface area contributed by atoms with Crippen LogP contribution in [-0.4, -0.2) is 10.2 Å². The Labute approximate surface area is 68.5 Å². The zero-order chi connectivity index (χ0) is 7.68. The van der Waals surface area contributed by atoms with E-state index in [1.165, 1.54) is 0 Å². The van der Waals surface area contributed by atoms with Gasteiger partial charge in [-0.15, -0.1) is 0 Å². The SMILES string of the molecule is ClNc1n[nH]c2ccccc12. The average molecular weight is 168 g/mol. The molecule has 0 atom stereocenters. The molecule has 11 heavy (non-hydrogen) atoms. The van der Waals surface area contributed by atoms with Gasteiger partial charge in [-0.3, -0.25) is 9.93 Å². The molecule has 0 bridgehead atoms. The Bertz CT molecular complexity index is 368. The van der Waals surface area contributed by atoms with E-state index in [9.17, 15) is 0 Å². The number of benzene rings is 1. The van der Waals surface area contributed by atoms with E-state index in [4.69, 9.17) is 11.8 Å². The molecular weight excluding hydrogens is 162 g/mol. The van der Waals surface area contributed by atoms with Crippen LogP contribution in [0.4, 0.5) is 5.82 Å². The Morgan fingerprint density at radius 2 is 2.18 bits per heavy atom. The van der Waals surface area contributed by atoms with Crippen LogP contribution in [-0.2, 0) is 0 Å². The number of nitrogens with one attached hydrogen (secondary N) is 2. The molecule has 1 heterocycles.